The summed E-state index contributed by atoms with van der Waals surface area (Å²) >= 11 is 0. The van der Waals surface area contributed by atoms with Crippen LogP contribution in [-0.2, 0) is 16.1 Å². The summed E-state index contributed by atoms with van der Waals surface area (Å²) in [5.74, 6) is -0.636. The maximum absolute atomic E-state index is 14.9. The number of anilines is 1. The number of amides is 2. The van der Waals surface area contributed by atoms with Gasteiger partial charge in [0, 0.05) is 32.1 Å². The monoisotopic (exact) mass is 443 g/mol. The first-order valence-electron chi connectivity index (χ1n) is 10.9. The average molecular weight is 443 g/mol. The first-order valence-corrected chi connectivity index (χ1v) is 10.9. The van der Waals surface area contributed by atoms with E-state index >= 15 is 0 Å². The molecule has 0 radical (unpaired) electrons. The van der Waals surface area contributed by atoms with Gasteiger partial charge in [0.05, 0.1) is 18.8 Å². The summed E-state index contributed by atoms with van der Waals surface area (Å²) in [6, 6.07) is 12.4. The Morgan fingerprint density at radius 3 is 2.53 bits per heavy atom. The van der Waals surface area contributed by atoms with E-state index < -0.39 is 24.2 Å². The first kappa shape index (κ1) is 22.2. The molecule has 8 heteroatoms. The minimum Gasteiger partial charge on any atom is -0.442 e. The third-order valence-corrected chi connectivity index (χ3v) is 5.91. The smallest absolute Gasteiger partial charge is 0.414 e. The van der Waals surface area contributed by atoms with Gasteiger partial charge in [0.15, 0.2) is 0 Å². The number of ether oxygens (including phenoxy) is 1. The molecular weight excluding hydrogens is 416 g/mol. The number of alkyl halides is 1. The lowest BCUT2D eigenvalue weighted by Gasteiger charge is -2.28. The molecule has 2 saturated heterocycles. The van der Waals surface area contributed by atoms with Gasteiger partial charge in [-0.2, -0.15) is 0 Å². The highest BCUT2D eigenvalue weighted by Gasteiger charge is 2.32. The summed E-state index contributed by atoms with van der Waals surface area (Å²) in [6.45, 7) is 4.12. The predicted molar refractivity (Wildman–Crippen MR) is 118 cm³/mol. The molecule has 170 valence electrons. The minimum absolute atomic E-state index is 0.203. The Bertz CT molecular complexity index is 975. The van der Waals surface area contributed by atoms with Gasteiger partial charge in [0.2, 0.25) is 5.91 Å². The van der Waals surface area contributed by atoms with E-state index in [1.807, 2.05) is 24.3 Å². The van der Waals surface area contributed by atoms with E-state index in [0.29, 0.717) is 24.1 Å². The van der Waals surface area contributed by atoms with Gasteiger partial charge in [0.1, 0.15) is 18.1 Å². The van der Waals surface area contributed by atoms with Crippen molar-refractivity contribution in [2.75, 3.05) is 31.1 Å². The van der Waals surface area contributed by atoms with Crippen LogP contribution in [0.1, 0.15) is 25.3 Å². The summed E-state index contributed by atoms with van der Waals surface area (Å²) < 4.78 is 33.4. The van der Waals surface area contributed by atoms with Crippen molar-refractivity contribution in [3.63, 3.8) is 0 Å². The fraction of sp³-hybridized carbons (Fsp3) is 0.417. The fourth-order valence-electron chi connectivity index (χ4n) is 4.11. The SMILES string of the molecule is CC(=O)NC[C@H]1CN(c2ccc(-c3ccc(CN4CCC(F)CC4)cc3)c(F)c2)C(=O)O1. The Balaban J connectivity index is 1.41. The van der Waals surface area contributed by atoms with Crippen LogP contribution in [0.2, 0.25) is 0 Å². The van der Waals surface area contributed by atoms with Crippen LogP contribution in [0.3, 0.4) is 0 Å². The van der Waals surface area contributed by atoms with Crippen molar-refractivity contribution in [3.8, 4) is 11.1 Å². The van der Waals surface area contributed by atoms with E-state index in [-0.39, 0.29) is 19.0 Å². The molecule has 0 spiro atoms. The first-order chi connectivity index (χ1) is 15.4. The Hall–Kier alpha value is -3.00. The highest BCUT2D eigenvalue weighted by molar-refractivity contribution is 5.90. The van der Waals surface area contributed by atoms with Crippen molar-refractivity contribution < 1.29 is 23.1 Å². The lowest BCUT2D eigenvalue weighted by atomic mass is 10.0. The molecule has 2 aliphatic rings. The van der Waals surface area contributed by atoms with Crippen LogP contribution in [0.15, 0.2) is 42.5 Å². The van der Waals surface area contributed by atoms with Crippen LogP contribution >= 0.6 is 0 Å². The number of carbonyl (C=O) groups is 2. The number of cyclic esters (lactones) is 1. The Morgan fingerprint density at radius 2 is 1.88 bits per heavy atom. The van der Waals surface area contributed by atoms with Crippen molar-refractivity contribution in [3.05, 3.63) is 53.8 Å². The normalized spacial score (nSPS) is 19.8. The molecule has 0 unspecified atom stereocenters. The molecule has 2 aromatic rings. The minimum atomic E-state index is -0.690. The molecular formula is C24H27F2N3O3. The molecule has 1 atom stereocenters. The lowest BCUT2D eigenvalue weighted by Crippen LogP contribution is -2.33. The summed E-state index contributed by atoms with van der Waals surface area (Å²) in [5.41, 5.74) is 2.70. The summed E-state index contributed by atoms with van der Waals surface area (Å²) in [7, 11) is 0. The average Bonchev–Trinajstić information content (AvgIpc) is 3.15. The number of hydrogen-bond donors (Lipinski definition) is 1. The second kappa shape index (κ2) is 9.65. The van der Waals surface area contributed by atoms with Gasteiger partial charge in [-0.05, 0) is 42.2 Å². The number of carbonyl (C=O) groups excluding carboxylic acids is 2. The lowest BCUT2D eigenvalue weighted by molar-refractivity contribution is -0.119. The standard InChI is InChI=1S/C24H27F2N3O3/c1-16(30)27-13-21-15-29(24(31)32-21)20-6-7-22(23(26)12-20)18-4-2-17(3-5-18)14-28-10-8-19(25)9-11-28/h2-7,12,19,21H,8-11,13-15H2,1H3,(H,27,30)/t21-/m0/s1. The maximum Gasteiger partial charge on any atom is 0.414 e. The molecule has 6 nitrogen and oxygen atoms in total. The largest absolute Gasteiger partial charge is 0.442 e. The number of piperidine rings is 1. The van der Waals surface area contributed by atoms with Crippen LogP contribution in [0, 0.1) is 5.82 Å². The molecule has 0 aromatic heterocycles. The summed E-state index contributed by atoms with van der Waals surface area (Å²) in [6.07, 6.45) is -0.571. The number of nitrogens with zero attached hydrogens (tertiary/aromatic N) is 2. The molecule has 2 fully saturated rings. The van der Waals surface area contributed by atoms with Crippen LogP contribution in [0.4, 0.5) is 19.3 Å². The highest BCUT2D eigenvalue weighted by Crippen LogP contribution is 2.29. The van der Waals surface area contributed by atoms with E-state index in [0.717, 1.165) is 30.8 Å². The third-order valence-electron chi connectivity index (χ3n) is 5.91. The predicted octanol–water partition coefficient (Wildman–Crippen LogP) is 3.89. The zero-order valence-corrected chi connectivity index (χ0v) is 18.0. The van der Waals surface area contributed by atoms with Gasteiger partial charge in [-0.1, -0.05) is 24.3 Å². The zero-order chi connectivity index (χ0) is 22.7. The molecule has 0 aliphatic carbocycles. The number of halogens is 2. The van der Waals surface area contributed by atoms with Crippen molar-refractivity contribution in [2.24, 2.45) is 0 Å². The van der Waals surface area contributed by atoms with E-state index in [9.17, 15) is 18.4 Å². The van der Waals surface area contributed by atoms with E-state index in [2.05, 4.69) is 10.2 Å². The van der Waals surface area contributed by atoms with Gasteiger partial charge < -0.3 is 10.1 Å². The van der Waals surface area contributed by atoms with E-state index in [1.165, 1.54) is 17.9 Å². The number of nitrogens with one attached hydrogen (secondary N) is 1. The third kappa shape index (κ3) is 5.24. The molecule has 2 aromatic carbocycles. The number of rotatable bonds is 6. The van der Waals surface area contributed by atoms with Gasteiger partial charge in [-0.3, -0.25) is 14.6 Å². The maximum atomic E-state index is 14.9. The molecule has 4 rings (SSSR count). The molecule has 2 aliphatic heterocycles. The van der Waals surface area contributed by atoms with Crippen LogP contribution < -0.4 is 10.2 Å². The van der Waals surface area contributed by atoms with Crippen molar-refractivity contribution in [1.82, 2.24) is 10.2 Å². The number of likely N-dealkylation sites (tertiary alicyclic amines) is 1. The molecule has 0 saturated carbocycles. The second-order valence-corrected chi connectivity index (χ2v) is 8.37. The van der Waals surface area contributed by atoms with Gasteiger partial charge in [0.25, 0.3) is 0 Å². The highest BCUT2D eigenvalue weighted by atomic mass is 19.1. The van der Waals surface area contributed by atoms with Crippen molar-refractivity contribution >= 4 is 17.7 Å². The quantitative estimate of drug-likeness (QED) is 0.736. The Labute approximate surface area is 186 Å². The molecule has 2 amide bonds. The van der Waals surface area contributed by atoms with Crippen LogP contribution in [0.5, 0.6) is 0 Å². The van der Waals surface area contributed by atoms with E-state index in [4.69, 9.17) is 4.74 Å². The molecule has 0 bridgehead atoms. The number of benzene rings is 2. The van der Waals surface area contributed by atoms with Crippen LogP contribution in [-0.4, -0.2) is 55.4 Å². The molecule has 32 heavy (non-hydrogen) atoms. The van der Waals surface area contributed by atoms with Crippen LogP contribution in [0.25, 0.3) is 11.1 Å². The topological polar surface area (TPSA) is 61.9 Å². The van der Waals surface area contributed by atoms with Crippen molar-refractivity contribution in [1.29, 1.82) is 0 Å². The summed E-state index contributed by atoms with van der Waals surface area (Å²) in [4.78, 5) is 26.8. The van der Waals surface area contributed by atoms with Gasteiger partial charge >= 0.3 is 6.09 Å². The Morgan fingerprint density at radius 1 is 1.16 bits per heavy atom. The van der Waals surface area contributed by atoms with E-state index in [1.54, 1.807) is 12.1 Å². The second-order valence-electron chi connectivity index (χ2n) is 8.37. The molecule has 2 heterocycles. The fourth-order valence-corrected chi connectivity index (χ4v) is 4.11. The molecule has 1 N–H and O–H groups in total. The zero-order valence-electron chi connectivity index (χ0n) is 18.0. The number of hydrogen-bond acceptors (Lipinski definition) is 4. The Kier molecular flexibility index (Phi) is 6.69. The van der Waals surface area contributed by atoms with Gasteiger partial charge in [-0.25, -0.2) is 13.6 Å². The summed E-state index contributed by atoms with van der Waals surface area (Å²) in [5, 5.41) is 2.62. The van der Waals surface area contributed by atoms with Gasteiger partial charge in [-0.15, -0.1) is 0 Å². The van der Waals surface area contributed by atoms with Crippen molar-refractivity contribution in [2.45, 2.75) is 38.6 Å².